The molecule has 1 aliphatic rings. The molecule has 6 nitrogen and oxygen atoms in total. The van der Waals surface area contributed by atoms with Gasteiger partial charge in [-0.3, -0.25) is 9.69 Å². The molecule has 0 aliphatic carbocycles. The number of benzene rings is 2. The Morgan fingerprint density at radius 2 is 1.93 bits per heavy atom. The van der Waals surface area contributed by atoms with Crippen LogP contribution in [-0.2, 0) is 4.79 Å². The highest BCUT2D eigenvalue weighted by Crippen LogP contribution is 2.26. The van der Waals surface area contributed by atoms with Crippen LogP contribution in [0.25, 0.3) is 0 Å². The van der Waals surface area contributed by atoms with Gasteiger partial charge in [0, 0.05) is 26.2 Å². The molecule has 0 bridgehead atoms. The van der Waals surface area contributed by atoms with Crippen molar-refractivity contribution in [3.63, 3.8) is 0 Å². The lowest BCUT2D eigenvalue weighted by molar-refractivity contribution is -0.120. The summed E-state index contributed by atoms with van der Waals surface area (Å²) < 4.78 is 19.6. The van der Waals surface area contributed by atoms with Crippen LogP contribution >= 0.6 is 0 Å². The van der Waals surface area contributed by atoms with Crippen LogP contribution in [0.3, 0.4) is 0 Å². The largest absolute Gasteiger partial charge is 0.495 e. The van der Waals surface area contributed by atoms with E-state index in [-0.39, 0.29) is 11.9 Å². The zero-order valence-electron chi connectivity index (χ0n) is 16.9. The number of aryl methyl sites for hydroxylation is 1. The zero-order chi connectivity index (χ0) is 21.0. The fourth-order valence-electron chi connectivity index (χ4n) is 3.51. The summed E-state index contributed by atoms with van der Waals surface area (Å²) in [6.45, 7) is 6.32. The zero-order valence-corrected chi connectivity index (χ0v) is 16.9. The minimum absolute atomic E-state index is 0.105. The van der Waals surface area contributed by atoms with Crippen molar-refractivity contribution < 1.29 is 13.9 Å². The van der Waals surface area contributed by atoms with E-state index >= 15 is 0 Å². The number of hydrogen-bond donors (Lipinski definition) is 1. The van der Waals surface area contributed by atoms with Crippen LogP contribution in [0.4, 0.5) is 15.8 Å². The van der Waals surface area contributed by atoms with Crippen LogP contribution in [0.15, 0.2) is 36.4 Å². The number of rotatable bonds is 5. The van der Waals surface area contributed by atoms with Gasteiger partial charge in [0.2, 0.25) is 5.91 Å². The molecule has 2 aromatic carbocycles. The standard InChI is InChI=1S/C22H25FN4O2/c1-15-4-7-21(29-3)19(12-15)25-22(28)16(2)26-8-10-27(11-9-26)20-6-5-17(14-24)13-18(20)23/h4-7,12-13,16H,8-11H2,1-3H3,(H,25,28). The Balaban J connectivity index is 1.61. The average molecular weight is 396 g/mol. The fraction of sp³-hybridized carbons (Fsp3) is 0.364. The lowest BCUT2D eigenvalue weighted by Gasteiger charge is -2.38. The Morgan fingerprint density at radius 3 is 2.55 bits per heavy atom. The van der Waals surface area contributed by atoms with E-state index in [2.05, 4.69) is 10.2 Å². The van der Waals surface area contributed by atoms with Gasteiger partial charge in [0.05, 0.1) is 36.2 Å². The number of carbonyl (C=O) groups excluding carboxylic acids is 1. The van der Waals surface area contributed by atoms with Crippen molar-refractivity contribution in [2.45, 2.75) is 19.9 Å². The van der Waals surface area contributed by atoms with Gasteiger partial charge in [0.1, 0.15) is 11.6 Å². The molecule has 0 spiro atoms. The Kier molecular flexibility index (Phi) is 6.35. The van der Waals surface area contributed by atoms with Crippen LogP contribution in [0.5, 0.6) is 5.75 Å². The number of halogens is 1. The lowest BCUT2D eigenvalue weighted by atomic mass is 10.1. The summed E-state index contributed by atoms with van der Waals surface area (Å²) in [5.41, 5.74) is 2.49. The van der Waals surface area contributed by atoms with E-state index in [4.69, 9.17) is 10.00 Å². The maximum Gasteiger partial charge on any atom is 0.241 e. The maximum atomic E-state index is 14.3. The summed E-state index contributed by atoms with van der Waals surface area (Å²) in [5.74, 6) is 0.124. The molecule has 1 unspecified atom stereocenters. The normalized spacial score (nSPS) is 15.5. The molecule has 1 heterocycles. The van der Waals surface area contributed by atoms with Crippen LogP contribution in [0.2, 0.25) is 0 Å². The summed E-state index contributed by atoms with van der Waals surface area (Å²) in [4.78, 5) is 16.8. The number of anilines is 2. The Labute approximate surface area is 170 Å². The molecule has 3 rings (SSSR count). The first kappa shape index (κ1) is 20.6. The van der Waals surface area contributed by atoms with E-state index in [9.17, 15) is 9.18 Å². The van der Waals surface area contributed by atoms with Crippen LogP contribution in [-0.4, -0.2) is 50.1 Å². The van der Waals surface area contributed by atoms with E-state index in [1.807, 2.05) is 43.0 Å². The highest BCUT2D eigenvalue weighted by molar-refractivity contribution is 5.96. The summed E-state index contributed by atoms with van der Waals surface area (Å²) in [6.07, 6.45) is 0. The van der Waals surface area contributed by atoms with Gasteiger partial charge in [-0.15, -0.1) is 0 Å². The Morgan fingerprint density at radius 1 is 1.21 bits per heavy atom. The van der Waals surface area contributed by atoms with Crippen LogP contribution < -0.4 is 15.0 Å². The smallest absolute Gasteiger partial charge is 0.241 e. The highest BCUT2D eigenvalue weighted by atomic mass is 19.1. The first-order chi connectivity index (χ1) is 13.9. The molecular weight excluding hydrogens is 371 g/mol. The second-order valence-corrected chi connectivity index (χ2v) is 7.17. The summed E-state index contributed by atoms with van der Waals surface area (Å²) in [6, 6.07) is 11.8. The van der Waals surface area contributed by atoms with Gasteiger partial charge in [-0.05, 0) is 49.7 Å². The summed E-state index contributed by atoms with van der Waals surface area (Å²) in [7, 11) is 1.57. The first-order valence-corrected chi connectivity index (χ1v) is 9.57. The molecule has 1 aliphatic heterocycles. The highest BCUT2D eigenvalue weighted by Gasteiger charge is 2.27. The lowest BCUT2D eigenvalue weighted by Crippen LogP contribution is -2.53. The summed E-state index contributed by atoms with van der Waals surface area (Å²) >= 11 is 0. The maximum absolute atomic E-state index is 14.3. The van der Waals surface area contributed by atoms with E-state index in [1.54, 1.807) is 19.2 Å². The molecule has 0 radical (unpaired) electrons. The molecule has 7 heteroatoms. The molecular formula is C22H25FN4O2. The van der Waals surface area contributed by atoms with E-state index in [0.29, 0.717) is 48.9 Å². The van der Waals surface area contributed by atoms with Crippen molar-refractivity contribution in [2.24, 2.45) is 0 Å². The SMILES string of the molecule is COc1ccc(C)cc1NC(=O)C(C)N1CCN(c2ccc(C#N)cc2F)CC1. The molecule has 1 fully saturated rings. The average Bonchev–Trinajstić information content (AvgIpc) is 2.73. The van der Waals surface area contributed by atoms with E-state index in [1.165, 1.54) is 6.07 Å². The van der Waals surface area contributed by atoms with Crippen LogP contribution in [0, 0.1) is 24.1 Å². The molecule has 0 aromatic heterocycles. The van der Waals surface area contributed by atoms with Gasteiger partial charge in [-0.2, -0.15) is 5.26 Å². The van der Waals surface area contributed by atoms with Crippen molar-refractivity contribution in [3.05, 3.63) is 53.3 Å². The minimum atomic E-state index is -0.394. The second-order valence-electron chi connectivity index (χ2n) is 7.17. The molecule has 1 amide bonds. The molecule has 0 saturated carbocycles. The van der Waals surface area contributed by atoms with Crippen molar-refractivity contribution in [1.82, 2.24) is 4.90 Å². The van der Waals surface area contributed by atoms with E-state index < -0.39 is 5.82 Å². The van der Waals surface area contributed by atoms with Crippen molar-refractivity contribution in [2.75, 3.05) is 43.5 Å². The topological polar surface area (TPSA) is 68.6 Å². The summed E-state index contributed by atoms with van der Waals surface area (Å²) in [5, 5.41) is 11.8. The number of piperazine rings is 1. The van der Waals surface area contributed by atoms with Gasteiger partial charge < -0.3 is 15.0 Å². The number of carbonyl (C=O) groups is 1. The predicted octanol–water partition coefficient (Wildman–Crippen LogP) is 3.16. The Bertz CT molecular complexity index is 933. The third-order valence-corrected chi connectivity index (χ3v) is 5.27. The van der Waals surface area contributed by atoms with Crippen LogP contribution in [0.1, 0.15) is 18.1 Å². The third kappa shape index (κ3) is 4.66. The predicted molar refractivity (Wildman–Crippen MR) is 111 cm³/mol. The molecule has 1 saturated heterocycles. The van der Waals surface area contributed by atoms with Crippen molar-refractivity contribution in [3.8, 4) is 11.8 Å². The van der Waals surface area contributed by atoms with Gasteiger partial charge in [-0.25, -0.2) is 4.39 Å². The number of nitrogens with one attached hydrogen (secondary N) is 1. The van der Waals surface area contributed by atoms with Gasteiger partial charge in [0.25, 0.3) is 0 Å². The van der Waals surface area contributed by atoms with Gasteiger partial charge in [0.15, 0.2) is 0 Å². The van der Waals surface area contributed by atoms with Gasteiger partial charge in [-0.1, -0.05) is 6.07 Å². The number of nitriles is 1. The molecule has 29 heavy (non-hydrogen) atoms. The number of ether oxygens (including phenoxy) is 1. The number of methoxy groups -OCH3 is 1. The molecule has 2 aromatic rings. The molecule has 152 valence electrons. The third-order valence-electron chi connectivity index (χ3n) is 5.27. The van der Waals surface area contributed by atoms with Crippen molar-refractivity contribution in [1.29, 1.82) is 5.26 Å². The number of hydrogen-bond acceptors (Lipinski definition) is 5. The Hall–Kier alpha value is -3.11. The first-order valence-electron chi connectivity index (χ1n) is 9.57. The fourth-order valence-corrected chi connectivity index (χ4v) is 3.51. The monoisotopic (exact) mass is 396 g/mol. The molecule has 1 atom stereocenters. The van der Waals surface area contributed by atoms with Gasteiger partial charge >= 0.3 is 0 Å². The molecule has 1 N–H and O–H groups in total. The quantitative estimate of drug-likeness (QED) is 0.841. The second kappa shape index (κ2) is 8.93. The van der Waals surface area contributed by atoms with Crippen molar-refractivity contribution >= 4 is 17.3 Å². The number of amides is 1. The minimum Gasteiger partial charge on any atom is -0.495 e. The van der Waals surface area contributed by atoms with E-state index in [0.717, 1.165) is 5.56 Å². The number of nitrogens with zero attached hydrogens (tertiary/aromatic N) is 3.